The Morgan fingerprint density at radius 3 is 2.29 bits per heavy atom. The number of anilines is 1. The van der Waals surface area contributed by atoms with E-state index in [9.17, 15) is 8.42 Å². The van der Waals surface area contributed by atoms with Crippen LogP contribution in [0.15, 0.2) is 24.3 Å². The third-order valence-corrected chi connectivity index (χ3v) is 2.73. The van der Waals surface area contributed by atoms with Crippen LogP contribution >= 0.6 is 0 Å². The standard InChI is InChI=1S/C12H19NO3S/c1-10(2)8-9-16-12-6-4-11(5-7-12)13-17(3,14)15/h4-7,10,13H,8-9H2,1-3H3. The van der Waals surface area contributed by atoms with Crippen molar-refractivity contribution in [3.05, 3.63) is 24.3 Å². The Hall–Kier alpha value is -1.23. The summed E-state index contributed by atoms with van der Waals surface area (Å²) in [6.45, 7) is 4.96. The van der Waals surface area contributed by atoms with Crippen LogP contribution in [0.2, 0.25) is 0 Å². The second-order valence-electron chi connectivity index (χ2n) is 4.43. The Labute approximate surface area is 103 Å². The van der Waals surface area contributed by atoms with Crippen LogP contribution in [-0.2, 0) is 10.0 Å². The third-order valence-electron chi connectivity index (χ3n) is 2.12. The zero-order valence-electron chi connectivity index (χ0n) is 10.4. The second kappa shape index (κ2) is 5.91. The van der Waals surface area contributed by atoms with E-state index < -0.39 is 10.0 Å². The van der Waals surface area contributed by atoms with Gasteiger partial charge in [-0.05, 0) is 36.6 Å². The smallest absolute Gasteiger partial charge is 0.229 e. The molecule has 1 N–H and O–H groups in total. The molecule has 0 saturated carbocycles. The normalized spacial score (nSPS) is 11.5. The van der Waals surface area contributed by atoms with Crippen molar-refractivity contribution >= 4 is 15.7 Å². The van der Waals surface area contributed by atoms with Gasteiger partial charge in [0.15, 0.2) is 0 Å². The van der Waals surface area contributed by atoms with Crippen LogP contribution in [0, 0.1) is 5.92 Å². The van der Waals surface area contributed by atoms with Crippen molar-refractivity contribution in [1.29, 1.82) is 0 Å². The quantitative estimate of drug-likeness (QED) is 0.851. The molecule has 0 aliphatic carbocycles. The molecule has 0 amide bonds. The summed E-state index contributed by atoms with van der Waals surface area (Å²) in [5.74, 6) is 1.37. The molecule has 0 fully saturated rings. The summed E-state index contributed by atoms with van der Waals surface area (Å²) in [4.78, 5) is 0. The minimum Gasteiger partial charge on any atom is -0.494 e. The van der Waals surface area contributed by atoms with E-state index in [4.69, 9.17) is 4.74 Å². The Balaban J connectivity index is 2.50. The topological polar surface area (TPSA) is 55.4 Å². The van der Waals surface area contributed by atoms with Crippen molar-refractivity contribution in [1.82, 2.24) is 0 Å². The van der Waals surface area contributed by atoms with Crippen LogP contribution in [0.5, 0.6) is 5.75 Å². The summed E-state index contributed by atoms with van der Waals surface area (Å²) in [7, 11) is -3.21. The summed E-state index contributed by atoms with van der Waals surface area (Å²) in [5, 5.41) is 0. The zero-order valence-corrected chi connectivity index (χ0v) is 11.3. The van der Waals surface area contributed by atoms with Gasteiger partial charge in [0.2, 0.25) is 10.0 Å². The Morgan fingerprint density at radius 1 is 1.24 bits per heavy atom. The van der Waals surface area contributed by atoms with Crippen LogP contribution in [-0.4, -0.2) is 21.3 Å². The van der Waals surface area contributed by atoms with E-state index in [-0.39, 0.29) is 0 Å². The van der Waals surface area contributed by atoms with Crippen molar-refractivity contribution in [2.45, 2.75) is 20.3 Å². The molecule has 17 heavy (non-hydrogen) atoms. The van der Waals surface area contributed by atoms with E-state index in [1.165, 1.54) is 0 Å². The van der Waals surface area contributed by atoms with Crippen LogP contribution < -0.4 is 9.46 Å². The number of nitrogens with one attached hydrogen (secondary N) is 1. The molecule has 1 rings (SSSR count). The van der Waals surface area contributed by atoms with Crippen molar-refractivity contribution in [2.24, 2.45) is 5.92 Å². The SMILES string of the molecule is CC(C)CCOc1ccc(NS(C)(=O)=O)cc1. The third kappa shape index (κ3) is 6.16. The van der Waals surface area contributed by atoms with Crippen molar-refractivity contribution < 1.29 is 13.2 Å². The summed E-state index contributed by atoms with van der Waals surface area (Å²) in [6.07, 6.45) is 2.13. The van der Waals surface area contributed by atoms with E-state index in [1.54, 1.807) is 24.3 Å². The van der Waals surface area contributed by atoms with Crippen molar-refractivity contribution in [2.75, 3.05) is 17.6 Å². The lowest BCUT2D eigenvalue weighted by atomic mass is 10.1. The fourth-order valence-electron chi connectivity index (χ4n) is 1.25. The molecule has 0 aliphatic heterocycles. The Bertz CT molecular complexity index is 437. The Morgan fingerprint density at radius 2 is 1.82 bits per heavy atom. The first-order valence-corrected chi connectivity index (χ1v) is 7.46. The van der Waals surface area contributed by atoms with Gasteiger partial charge < -0.3 is 4.74 Å². The highest BCUT2D eigenvalue weighted by molar-refractivity contribution is 7.92. The molecule has 0 atom stereocenters. The minimum absolute atomic E-state index is 0.545. The number of ether oxygens (including phenoxy) is 1. The predicted molar refractivity (Wildman–Crippen MR) is 69.9 cm³/mol. The van der Waals surface area contributed by atoms with E-state index in [2.05, 4.69) is 18.6 Å². The second-order valence-corrected chi connectivity index (χ2v) is 6.18. The lowest BCUT2D eigenvalue weighted by Gasteiger charge is -2.09. The molecule has 5 heteroatoms. The van der Waals surface area contributed by atoms with Crippen LogP contribution in [0.3, 0.4) is 0 Å². The molecule has 0 saturated heterocycles. The van der Waals surface area contributed by atoms with Crippen LogP contribution in [0.1, 0.15) is 20.3 Å². The maximum atomic E-state index is 11.0. The number of sulfonamides is 1. The maximum Gasteiger partial charge on any atom is 0.229 e. The highest BCUT2D eigenvalue weighted by Crippen LogP contribution is 2.17. The number of benzene rings is 1. The average Bonchev–Trinajstić information content (AvgIpc) is 2.18. The van der Waals surface area contributed by atoms with Gasteiger partial charge in [0.05, 0.1) is 12.9 Å². The molecule has 0 unspecified atom stereocenters. The van der Waals surface area contributed by atoms with Gasteiger partial charge in [0, 0.05) is 5.69 Å². The van der Waals surface area contributed by atoms with Crippen molar-refractivity contribution in [3.8, 4) is 5.75 Å². The van der Waals surface area contributed by atoms with Crippen molar-refractivity contribution in [3.63, 3.8) is 0 Å². The maximum absolute atomic E-state index is 11.0. The minimum atomic E-state index is -3.21. The summed E-state index contributed by atoms with van der Waals surface area (Å²) >= 11 is 0. The monoisotopic (exact) mass is 257 g/mol. The summed E-state index contributed by atoms with van der Waals surface area (Å²) in [6, 6.07) is 6.89. The predicted octanol–water partition coefficient (Wildman–Crippen LogP) is 2.48. The first kappa shape index (κ1) is 13.8. The average molecular weight is 257 g/mol. The largest absolute Gasteiger partial charge is 0.494 e. The lowest BCUT2D eigenvalue weighted by Crippen LogP contribution is -2.09. The molecule has 1 aromatic carbocycles. The van der Waals surface area contributed by atoms with Gasteiger partial charge >= 0.3 is 0 Å². The number of hydrogen-bond acceptors (Lipinski definition) is 3. The first-order chi connectivity index (χ1) is 7.87. The van der Waals surface area contributed by atoms with Gasteiger partial charge in [-0.2, -0.15) is 0 Å². The molecule has 0 aliphatic rings. The van der Waals surface area contributed by atoms with E-state index in [0.717, 1.165) is 18.4 Å². The fraction of sp³-hybridized carbons (Fsp3) is 0.500. The molecule has 0 aromatic heterocycles. The van der Waals surface area contributed by atoms with Gasteiger partial charge in [-0.3, -0.25) is 4.72 Å². The summed E-state index contributed by atoms with van der Waals surface area (Å²) in [5.41, 5.74) is 0.545. The molecule has 0 heterocycles. The fourth-order valence-corrected chi connectivity index (χ4v) is 1.81. The molecule has 96 valence electrons. The van der Waals surface area contributed by atoms with Gasteiger partial charge in [0.25, 0.3) is 0 Å². The molecular weight excluding hydrogens is 238 g/mol. The molecule has 0 radical (unpaired) electrons. The molecule has 4 nitrogen and oxygen atoms in total. The van der Waals surface area contributed by atoms with Gasteiger partial charge in [-0.1, -0.05) is 13.8 Å². The first-order valence-electron chi connectivity index (χ1n) is 5.57. The van der Waals surface area contributed by atoms with Gasteiger partial charge in [-0.25, -0.2) is 8.42 Å². The van der Waals surface area contributed by atoms with E-state index in [1.807, 2.05) is 0 Å². The highest BCUT2D eigenvalue weighted by atomic mass is 32.2. The van der Waals surface area contributed by atoms with Crippen LogP contribution in [0.4, 0.5) is 5.69 Å². The summed E-state index contributed by atoms with van der Waals surface area (Å²) < 4.78 is 29.9. The zero-order chi connectivity index (χ0) is 12.9. The van der Waals surface area contributed by atoms with E-state index >= 15 is 0 Å². The van der Waals surface area contributed by atoms with Gasteiger partial charge in [0.1, 0.15) is 5.75 Å². The van der Waals surface area contributed by atoms with E-state index in [0.29, 0.717) is 18.2 Å². The Kier molecular flexibility index (Phi) is 4.81. The number of hydrogen-bond donors (Lipinski definition) is 1. The van der Waals surface area contributed by atoms with Gasteiger partial charge in [-0.15, -0.1) is 0 Å². The highest BCUT2D eigenvalue weighted by Gasteiger charge is 2.02. The lowest BCUT2D eigenvalue weighted by molar-refractivity contribution is 0.289. The molecule has 0 bridgehead atoms. The molecule has 0 spiro atoms. The molecular formula is C12H19NO3S. The van der Waals surface area contributed by atoms with Crippen LogP contribution in [0.25, 0.3) is 0 Å². The molecule has 1 aromatic rings. The number of rotatable bonds is 6.